The number of aromatic nitrogens is 1. The van der Waals surface area contributed by atoms with E-state index in [1.165, 1.54) is 16.9 Å². The second kappa shape index (κ2) is 7.59. The number of thiophene rings is 1. The fourth-order valence-corrected chi connectivity index (χ4v) is 3.58. The summed E-state index contributed by atoms with van der Waals surface area (Å²) in [7, 11) is 0. The Morgan fingerprint density at radius 1 is 1.17 bits per heavy atom. The Morgan fingerprint density at radius 2 is 1.96 bits per heavy atom. The van der Waals surface area contributed by atoms with E-state index < -0.39 is 0 Å². The van der Waals surface area contributed by atoms with Crippen molar-refractivity contribution in [1.29, 1.82) is 0 Å². The van der Waals surface area contributed by atoms with Crippen LogP contribution in [0.1, 0.15) is 30.2 Å². The maximum absolute atomic E-state index is 11.9. The Bertz CT molecular complexity index is 792. The molecule has 124 valence electrons. The quantitative estimate of drug-likeness (QED) is 0.649. The highest BCUT2D eigenvalue weighted by Crippen LogP contribution is 2.26. The third-order valence-corrected chi connectivity index (χ3v) is 5.24. The lowest BCUT2D eigenvalue weighted by Crippen LogP contribution is -2.27. The maximum Gasteiger partial charge on any atom is 0.321 e. The molecule has 0 unspecified atom stereocenters. The van der Waals surface area contributed by atoms with Gasteiger partial charge in [0.2, 0.25) is 0 Å². The van der Waals surface area contributed by atoms with Crippen molar-refractivity contribution in [1.82, 2.24) is 10.3 Å². The number of nitrogens with one attached hydrogen (secondary N) is 2. The van der Waals surface area contributed by atoms with Gasteiger partial charge in [-0.05, 0) is 22.9 Å². The first-order valence-corrected chi connectivity index (χ1v) is 9.51. The van der Waals surface area contributed by atoms with Gasteiger partial charge in [0.1, 0.15) is 0 Å². The molecule has 0 fully saturated rings. The van der Waals surface area contributed by atoms with Gasteiger partial charge in [-0.15, -0.1) is 22.7 Å². The van der Waals surface area contributed by atoms with Gasteiger partial charge < -0.3 is 5.32 Å². The average Bonchev–Trinajstić information content (AvgIpc) is 3.25. The Kier molecular flexibility index (Phi) is 5.27. The molecule has 0 saturated carbocycles. The topological polar surface area (TPSA) is 54.0 Å². The number of hydrogen-bond acceptors (Lipinski definition) is 4. The normalized spacial score (nSPS) is 10.8. The van der Waals surface area contributed by atoms with E-state index >= 15 is 0 Å². The number of carbonyl (C=O) groups is 1. The molecule has 2 heterocycles. The summed E-state index contributed by atoms with van der Waals surface area (Å²) in [6.07, 6.45) is 0. The molecule has 3 rings (SSSR count). The zero-order chi connectivity index (χ0) is 16.9. The minimum atomic E-state index is -0.237. The van der Waals surface area contributed by atoms with E-state index in [1.807, 2.05) is 22.9 Å². The van der Waals surface area contributed by atoms with Crippen LogP contribution in [0.5, 0.6) is 0 Å². The molecule has 0 aliphatic rings. The third-order valence-electron chi connectivity index (χ3n) is 3.60. The molecule has 3 aromatic rings. The predicted octanol–water partition coefficient (Wildman–Crippen LogP) is 5.32. The van der Waals surface area contributed by atoms with Crippen LogP contribution in [-0.2, 0) is 6.54 Å². The highest BCUT2D eigenvalue weighted by atomic mass is 32.1. The molecular weight excluding hydrogens is 338 g/mol. The van der Waals surface area contributed by atoms with Gasteiger partial charge in [-0.2, -0.15) is 0 Å². The molecule has 2 amide bonds. The van der Waals surface area contributed by atoms with E-state index in [2.05, 4.69) is 53.7 Å². The second-order valence-electron chi connectivity index (χ2n) is 5.70. The molecule has 0 aliphatic carbocycles. The first-order valence-electron chi connectivity index (χ1n) is 7.75. The van der Waals surface area contributed by atoms with E-state index in [4.69, 9.17) is 0 Å². The number of carbonyl (C=O) groups excluding carboxylic acids is 1. The molecule has 0 radical (unpaired) electrons. The monoisotopic (exact) mass is 357 g/mol. The summed E-state index contributed by atoms with van der Waals surface area (Å²) in [6, 6.07) is 12.1. The van der Waals surface area contributed by atoms with Crippen molar-refractivity contribution in [2.45, 2.75) is 26.3 Å². The lowest BCUT2D eigenvalue weighted by molar-refractivity contribution is 0.252. The van der Waals surface area contributed by atoms with Gasteiger partial charge in [-0.1, -0.05) is 44.2 Å². The van der Waals surface area contributed by atoms with Crippen LogP contribution >= 0.6 is 22.7 Å². The Hall–Kier alpha value is -2.18. The standard InChI is InChI=1S/C18H19N3OS2/c1-12(2)13-5-7-14(8-6-13)16-11-24-18(20-16)21-17(22)19-10-15-4-3-9-23-15/h3-9,11-12H,10H2,1-2H3,(H2,19,20,21,22). The number of nitrogens with zero attached hydrogens (tertiary/aromatic N) is 1. The summed E-state index contributed by atoms with van der Waals surface area (Å²) < 4.78 is 0. The molecule has 2 N–H and O–H groups in total. The van der Waals surface area contributed by atoms with Crippen LogP contribution in [-0.4, -0.2) is 11.0 Å². The van der Waals surface area contributed by atoms with Crippen molar-refractivity contribution in [3.05, 3.63) is 57.6 Å². The van der Waals surface area contributed by atoms with Crippen LogP contribution < -0.4 is 10.6 Å². The molecule has 2 aromatic heterocycles. The van der Waals surface area contributed by atoms with Gasteiger partial charge in [-0.25, -0.2) is 9.78 Å². The number of benzene rings is 1. The molecule has 0 aliphatic heterocycles. The van der Waals surface area contributed by atoms with Crippen molar-refractivity contribution in [3.8, 4) is 11.3 Å². The molecule has 24 heavy (non-hydrogen) atoms. The summed E-state index contributed by atoms with van der Waals surface area (Å²) >= 11 is 3.05. The zero-order valence-electron chi connectivity index (χ0n) is 13.6. The van der Waals surface area contributed by atoms with Gasteiger partial charge in [0.05, 0.1) is 12.2 Å². The predicted molar refractivity (Wildman–Crippen MR) is 102 cm³/mol. The smallest absolute Gasteiger partial charge is 0.321 e. The largest absolute Gasteiger partial charge is 0.333 e. The van der Waals surface area contributed by atoms with Crippen molar-refractivity contribution < 1.29 is 4.79 Å². The minimum Gasteiger partial charge on any atom is -0.333 e. The summed E-state index contributed by atoms with van der Waals surface area (Å²) in [5.74, 6) is 0.513. The van der Waals surface area contributed by atoms with Crippen LogP contribution in [0.25, 0.3) is 11.3 Å². The molecule has 0 bridgehead atoms. The summed E-state index contributed by atoms with van der Waals surface area (Å²) in [5.41, 5.74) is 3.24. The van der Waals surface area contributed by atoms with Gasteiger partial charge in [0.25, 0.3) is 0 Å². The Balaban J connectivity index is 1.59. The summed E-state index contributed by atoms with van der Waals surface area (Å²) in [4.78, 5) is 17.5. The number of urea groups is 1. The molecule has 6 heteroatoms. The van der Waals surface area contributed by atoms with E-state index in [1.54, 1.807) is 11.3 Å². The summed E-state index contributed by atoms with van der Waals surface area (Å²) in [5, 5.41) is 10.2. The SMILES string of the molecule is CC(C)c1ccc(-c2csc(NC(=O)NCc3cccs3)n2)cc1. The number of thiazole rings is 1. The van der Waals surface area contributed by atoms with Crippen LogP contribution in [0.2, 0.25) is 0 Å². The van der Waals surface area contributed by atoms with E-state index in [9.17, 15) is 4.79 Å². The lowest BCUT2D eigenvalue weighted by Gasteiger charge is -2.05. The first kappa shape index (κ1) is 16.7. The molecule has 4 nitrogen and oxygen atoms in total. The lowest BCUT2D eigenvalue weighted by atomic mass is 10.0. The van der Waals surface area contributed by atoms with Crippen molar-refractivity contribution in [2.75, 3.05) is 5.32 Å². The van der Waals surface area contributed by atoms with E-state index in [0.29, 0.717) is 17.6 Å². The molecule has 0 spiro atoms. The van der Waals surface area contributed by atoms with Gasteiger partial charge in [-0.3, -0.25) is 5.32 Å². The van der Waals surface area contributed by atoms with Crippen LogP contribution in [0.3, 0.4) is 0 Å². The highest BCUT2D eigenvalue weighted by Gasteiger charge is 2.08. The second-order valence-corrected chi connectivity index (χ2v) is 7.59. The zero-order valence-corrected chi connectivity index (χ0v) is 15.2. The minimum absolute atomic E-state index is 0.237. The van der Waals surface area contributed by atoms with Crippen molar-refractivity contribution >= 4 is 33.8 Å². The van der Waals surface area contributed by atoms with Gasteiger partial charge >= 0.3 is 6.03 Å². The molecule has 0 saturated heterocycles. The average molecular weight is 358 g/mol. The fraction of sp³-hybridized carbons (Fsp3) is 0.222. The number of anilines is 1. The van der Waals surface area contributed by atoms with Gasteiger partial charge in [0, 0.05) is 15.8 Å². The number of rotatable bonds is 5. The number of hydrogen-bond donors (Lipinski definition) is 2. The third kappa shape index (κ3) is 4.21. The van der Waals surface area contributed by atoms with E-state index in [-0.39, 0.29) is 6.03 Å². The first-order chi connectivity index (χ1) is 11.6. The van der Waals surface area contributed by atoms with Crippen molar-refractivity contribution in [2.24, 2.45) is 0 Å². The number of amides is 2. The Morgan fingerprint density at radius 3 is 2.62 bits per heavy atom. The summed E-state index contributed by atoms with van der Waals surface area (Å²) in [6.45, 7) is 4.88. The fourth-order valence-electron chi connectivity index (χ4n) is 2.22. The molecule has 0 atom stereocenters. The van der Waals surface area contributed by atoms with E-state index in [0.717, 1.165) is 16.1 Å². The van der Waals surface area contributed by atoms with Crippen molar-refractivity contribution in [3.63, 3.8) is 0 Å². The molecular formula is C18H19N3OS2. The highest BCUT2D eigenvalue weighted by molar-refractivity contribution is 7.14. The van der Waals surface area contributed by atoms with Crippen LogP contribution in [0, 0.1) is 0 Å². The maximum atomic E-state index is 11.9. The van der Waals surface area contributed by atoms with Gasteiger partial charge in [0.15, 0.2) is 5.13 Å². The van der Waals surface area contributed by atoms with Crippen LogP contribution in [0.15, 0.2) is 47.2 Å². The van der Waals surface area contributed by atoms with Crippen LogP contribution in [0.4, 0.5) is 9.93 Å². The Labute approximate surface area is 149 Å². The molecule has 1 aromatic carbocycles.